The first-order valence-electron chi connectivity index (χ1n) is 10.1. The molecule has 2 aromatic rings. The van der Waals surface area contributed by atoms with Crippen molar-refractivity contribution in [2.24, 2.45) is 0 Å². The first-order valence-corrected chi connectivity index (χ1v) is 10.1. The minimum Gasteiger partial charge on any atom is -0.456 e. The van der Waals surface area contributed by atoms with E-state index in [0.29, 0.717) is 0 Å². The first-order chi connectivity index (χ1) is 12.8. The minimum absolute atomic E-state index is 0.964. The molecule has 0 aromatic heterocycles. The number of para-hydroxylation sites is 2. The number of hydrogen-bond acceptors (Lipinski definition) is 2. The van der Waals surface area contributed by atoms with Crippen LogP contribution in [0, 0.1) is 0 Å². The summed E-state index contributed by atoms with van der Waals surface area (Å²) in [6.45, 7) is 8.12. The van der Waals surface area contributed by atoms with Gasteiger partial charge in [-0.1, -0.05) is 69.2 Å². The van der Waals surface area contributed by atoms with Crippen molar-refractivity contribution in [1.29, 1.82) is 0 Å². The highest BCUT2D eigenvalue weighted by molar-refractivity contribution is 5.87. The van der Waals surface area contributed by atoms with Gasteiger partial charge in [0.05, 0.1) is 0 Å². The highest BCUT2D eigenvalue weighted by atomic mass is 16.5. The lowest BCUT2D eigenvalue weighted by atomic mass is 9.93. The Bertz CT molecular complexity index is 679. The normalized spacial score (nSPS) is 12.5. The molecular weight excluding hydrogens is 318 g/mol. The predicted molar refractivity (Wildman–Crippen MR) is 111 cm³/mol. The molecule has 0 saturated carbocycles. The molecule has 0 saturated heterocycles. The summed E-state index contributed by atoms with van der Waals surface area (Å²) in [6, 6.07) is 16.7. The van der Waals surface area contributed by atoms with Gasteiger partial charge in [-0.3, -0.25) is 0 Å². The number of hydrogen-bond donors (Lipinski definition) is 0. The van der Waals surface area contributed by atoms with Crippen LogP contribution in [0.4, 0.5) is 0 Å². The van der Waals surface area contributed by atoms with Gasteiger partial charge in [-0.2, -0.15) is 0 Å². The fourth-order valence-corrected chi connectivity index (χ4v) is 3.53. The predicted octanol–water partition coefficient (Wildman–Crippen LogP) is 6.52. The molecule has 0 aliphatic carbocycles. The lowest BCUT2D eigenvalue weighted by Crippen LogP contribution is -2.27. The molecule has 0 amide bonds. The Morgan fingerprint density at radius 2 is 1.31 bits per heavy atom. The monoisotopic (exact) mass is 349 g/mol. The number of rotatable bonds is 9. The molecule has 3 rings (SSSR count). The zero-order valence-electron chi connectivity index (χ0n) is 16.2. The van der Waals surface area contributed by atoms with Crippen molar-refractivity contribution in [1.82, 2.24) is 4.90 Å². The molecule has 1 heterocycles. The van der Waals surface area contributed by atoms with E-state index in [2.05, 4.69) is 61.2 Å². The van der Waals surface area contributed by atoms with E-state index in [1.807, 2.05) is 12.1 Å². The van der Waals surface area contributed by atoms with E-state index < -0.39 is 0 Å². The lowest BCUT2D eigenvalue weighted by molar-refractivity contribution is 0.270. The van der Waals surface area contributed by atoms with E-state index in [1.165, 1.54) is 55.5 Å². The SMILES string of the molecule is CCCCN(CCC=C1c2ccccc2Oc2ccccc21)CCCC. The Morgan fingerprint density at radius 3 is 1.85 bits per heavy atom. The molecule has 1 aliphatic rings. The molecule has 0 N–H and O–H groups in total. The van der Waals surface area contributed by atoms with Crippen LogP contribution in [0.25, 0.3) is 5.57 Å². The van der Waals surface area contributed by atoms with Gasteiger partial charge in [0, 0.05) is 17.7 Å². The zero-order chi connectivity index (χ0) is 18.2. The van der Waals surface area contributed by atoms with Crippen LogP contribution in [-0.2, 0) is 0 Å². The number of nitrogens with zero attached hydrogens (tertiary/aromatic N) is 1. The molecule has 0 atom stereocenters. The van der Waals surface area contributed by atoms with E-state index in [9.17, 15) is 0 Å². The Morgan fingerprint density at radius 1 is 0.769 bits per heavy atom. The molecule has 0 unspecified atom stereocenters. The smallest absolute Gasteiger partial charge is 0.135 e. The first kappa shape index (κ1) is 18.7. The van der Waals surface area contributed by atoms with Gasteiger partial charge in [-0.15, -0.1) is 0 Å². The van der Waals surface area contributed by atoms with Gasteiger partial charge in [0.2, 0.25) is 0 Å². The van der Waals surface area contributed by atoms with Gasteiger partial charge in [-0.05, 0) is 50.1 Å². The average molecular weight is 350 g/mol. The Kier molecular flexibility index (Phi) is 6.90. The summed E-state index contributed by atoms with van der Waals surface area (Å²) in [5.41, 5.74) is 3.73. The Hall–Kier alpha value is -2.06. The second-order valence-electron chi connectivity index (χ2n) is 7.05. The summed E-state index contributed by atoms with van der Waals surface area (Å²) < 4.78 is 6.09. The number of benzene rings is 2. The van der Waals surface area contributed by atoms with Crippen LogP contribution < -0.4 is 4.74 Å². The highest BCUT2D eigenvalue weighted by Crippen LogP contribution is 2.43. The molecule has 0 radical (unpaired) electrons. The van der Waals surface area contributed by atoms with E-state index in [0.717, 1.165) is 24.5 Å². The van der Waals surface area contributed by atoms with Crippen LogP contribution in [0.1, 0.15) is 57.1 Å². The van der Waals surface area contributed by atoms with Gasteiger partial charge in [0.1, 0.15) is 11.5 Å². The van der Waals surface area contributed by atoms with Crippen molar-refractivity contribution < 1.29 is 4.74 Å². The van der Waals surface area contributed by atoms with Crippen molar-refractivity contribution in [3.63, 3.8) is 0 Å². The quantitative estimate of drug-likeness (QED) is 0.436. The summed E-state index contributed by atoms with van der Waals surface area (Å²) in [4.78, 5) is 2.63. The van der Waals surface area contributed by atoms with Crippen molar-refractivity contribution in [3.05, 3.63) is 65.7 Å². The molecule has 2 heteroatoms. The van der Waals surface area contributed by atoms with Crippen LogP contribution in [0.15, 0.2) is 54.6 Å². The molecule has 26 heavy (non-hydrogen) atoms. The number of fused-ring (bicyclic) bond motifs is 2. The molecule has 0 fully saturated rings. The van der Waals surface area contributed by atoms with Crippen molar-refractivity contribution >= 4 is 5.57 Å². The molecule has 0 bridgehead atoms. The standard InChI is InChI=1S/C24H31NO/c1-3-5-17-25(18-6-4-2)19-11-14-20-21-12-7-9-15-23(21)26-24-16-10-8-13-22(20)24/h7-10,12-16H,3-6,11,17-19H2,1-2H3. The fraction of sp³-hybridized carbons (Fsp3) is 0.417. The zero-order valence-corrected chi connectivity index (χ0v) is 16.2. The molecule has 1 aliphatic heterocycles. The minimum atomic E-state index is 0.964. The second-order valence-corrected chi connectivity index (χ2v) is 7.05. The van der Waals surface area contributed by atoms with E-state index >= 15 is 0 Å². The molecule has 2 nitrogen and oxygen atoms in total. The summed E-state index contributed by atoms with van der Waals surface area (Å²) in [6.07, 6.45) is 8.60. The van der Waals surface area contributed by atoms with Crippen molar-refractivity contribution in [2.45, 2.75) is 46.0 Å². The van der Waals surface area contributed by atoms with Gasteiger partial charge in [0.25, 0.3) is 0 Å². The van der Waals surface area contributed by atoms with Gasteiger partial charge >= 0.3 is 0 Å². The highest BCUT2D eigenvalue weighted by Gasteiger charge is 2.20. The average Bonchev–Trinajstić information content (AvgIpc) is 2.69. The second kappa shape index (κ2) is 9.59. The fourth-order valence-electron chi connectivity index (χ4n) is 3.53. The van der Waals surface area contributed by atoms with Gasteiger partial charge in [0.15, 0.2) is 0 Å². The number of unbranched alkanes of at least 4 members (excludes halogenated alkanes) is 2. The lowest BCUT2D eigenvalue weighted by Gasteiger charge is -2.24. The van der Waals surface area contributed by atoms with E-state index in [-0.39, 0.29) is 0 Å². The third-order valence-corrected chi connectivity index (χ3v) is 5.02. The van der Waals surface area contributed by atoms with Crippen LogP contribution in [0.2, 0.25) is 0 Å². The maximum absolute atomic E-state index is 6.09. The van der Waals surface area contributed by atoms with Crippen LogP contribution in [0.5, 0.6) is 11.5 Å². The van der Waals surface area contributed by atoms with Gasteiger partial charge in [-0.25, -0.2) is 0 Å². The van der Waals surface area contributed by atoms with Crippen LogP contribution in [-0.4, -0.2) is 24.5 Å². The summed E-state index contributed by atoms with van der Waals surface area (Å²) in [5.74, 6) is 1.93. The van der Waals surface area contributed by atoms with E-state index in [4.69, 9.17) is 4.74 Å². The molecule has 2 aromatic carbocycles. The topological polar surface area (TPSA) is 12.5 Å². The summed E-state index contributed by atoms with van der Waals surface area (Å²) in [5, 5.41) is 0. The third kappa shape index (κ3) is 4.56. The largest absolute Gasteiger partial charge is 0.456 e. The maximum Gasteiger partial charge on any atom is 0.135 e. The molecule has 0 spiro atoms. The molecular formula is C24H31NO. The van der Waals surface area contributed by atoms with Crippen LogP contribution >= 0.6 is 0 Å². The molecule has 138 valence electrons. The van der Waals surface area contributed by atoms with Crippen LogP contribution in [0.3, 0.4) is 0 Å². The summed E-state index contributed by atoms with van der Waals surface area (Å²) in [7, 11) is 0. The Labute approximate surface area is 158 Å². The van der Waals surface area contributed by atoms with E-state index in [1.54, 1.807) is 0 Å². The summed E-state index contributed by atoms with van der Waals surface area (Å²) >= 11 is 0. The van der Waals surface area contributed by atoms with Gasteiger partial charge < -0.3 is 9.64 Å². The Balaban J connectivity index is 1.77. The van der Waals surface area contributed by atoms with Crippen molar-refractivity contribution in [2.75, 3.05) is 19.6 Å². The number of ether oxygens (including phenoxy) is 1. The third-order valence-electron chi connectivity index (χ3n) is 5.02. The maximum atomic E-state index is 6.09. The van der Waals surface area contributed by atoms with Crippen molar-refractivity contribution in [3.8, 4) is 11.5 Å².